The third-order valence-corrected chi connectivity index (χ3v) is 4.08. The molecule has 1 aliphatic carbocycles. The first-order valence-corrected chi connectivity index (χ1v) is 7.37. The van der Waals surface area contributed by atoms with Crippen molar-refractivity contribution in [3.05, 3.63) is 0 Å². The van der Waals surface area contributed by atoms with Crippen LogP contribution < -0.4 is 5.32 Å². The van der Waals surface area contributed by atoms with Gasteiger partial charge < -0.3 is 10.4 Å². The molecule has 1 aliphatic heterocycles. The lowest BCUT2D eigenvalue weighted by molar-refractivity contribution is -0.127. The van der Waals surface area contributed by atoms with Gasteiger partial charge in [0.2, 0.25) is 5.91 Å². The summed E-state index contributed by atoms with van der Waals surface area (Å²) in [5.41, 5.74) is 0. The number of hydrogen-bond acceptors (Lipinski definition) is 3. The second-order valence-corrected chi connectivity index (χ2v) is 5.85. The molecule has 1 saturated heterocycles. The first kappa shape index (κ1) is 13.8. The lowest BCUT2D eigenvalue weighted by Gasteiger charge is -2.33. The van der Waals surface area contributed by atoms with Crippen LogP contribution in [0.4, 0.5) is 0 Å². The van der Waals surface area contributed by atoms with Crippen molar-refractivity contribution in [1.29, 1.82) is 0 Å². The second kappa shape index (κ2) is 6.53. The van der Waals surface area contributed by atoms with Crippen molar-refractivity contribution in [1.82, 2.24) is 10.2 Å². The summed E-state index contributed by atoms with van der Waals surface area (Å²) < 4.78 is 0. The molecule has 0 radical (unpaired) electrons. The van der Waals surface area contributed by atoms with E-state index in [0.29, 0.717) is 6.54 Å². The maximum atomic E-state index is 12.0. The van der Waals surface area contributed by atoms with Crippen LogP contribution >= 0.6 is 0 Å². The molecule has 0 bridgehead atoms. The van der Waals surface area contributed by atoms with Crippen LogP contribution in [0.25, 0.3) is 0 Å². The Morgan fingerprint density at radius 1 is 1.44 bits per heavy atom. The molecule has 2 aliphatic rings. The summed E-state index contributed by atoms with van der Waals surface area (Å²) in [7, 11) is 0. The van der Waals surface area contributed by atoms with E-state index in [9.17, 15) is 9.90 Å². The van der Waals surface area contributed by atoms with E-state index in [0.717, 1.165) is 44.8 Å². The van der Waals surface area contributed by atoms with Crippen LogP contribution in [0.5, 0.6) is 0 Å². The molecule has 1 saturated carbocycles. The smallest absolute Gasteiger partial charge is 0.224 e. The Hall–Kier alpha value is -0.610. The van der Waals surface area contributed by atoms with Crippen LogP contribution in [0.2, 0.25) is 0 Å². The van der Waals surface area contributed by atoms with Crippen molar-refractivity contribution in [3.8, 4) is 0 Å². The molecule has 0 aromatic heterocycles. The lowest BCUT2D eigenvalue weighted by atomic mass is 9.96. The van der Waals surface area contributed by atoms with Crippen LogP contribution in [0.1, 0.15) is 39.0 Å². The molecule has 1 heterocycles. The van der Waals surface area contributed by atoms with Gasteiger partial charge in [0.05, 0.1) is 12.0 Å². The Kier molecular flexibility index (Phi) is 5.01. The fraction of sp³-hybridized carbons (Fsp3) is 0.929. The molecule has 0 aromatic carbocycles. The van der Waals surface area contributed by atoms with Gasteiger partial charge in [-0.15, -0.1) is 0 Å². The number of β-amino-alcohol motifs (C(OH)–C–C–N with tert-alkyl or cyclic N) is 1. The van der Waals surface area contributed by atoms with Crippen LogP contribution in [0, 0.1) is 11.8 Å². The minimum absolute atomic E-state index is 0.126. The highest BCUT2D eigenvalue weighted by Crippen LogP contribution is 2.27. The maximum Gasteiger partial charge on any atom is 0.224 e. The number of nitrogens with zero attached hydrogens (tertiary/aromatic N) is 1. The highest BCUT2D eigenvalue weighted by molar-refractivity contribution is 5.79. The van der Waals surface area contributed by atoms with Gasteiger partial charge >= 0.3 is 0 Å². The number of carbonyl (C=O) groups is 1. The zero-order valence-corrected chi connectivity index (χ0v) is 11.4. The van der Waals surface area contributed by atoms with E-state index in [1.807, 2.05) is 6.92 Å². The average molecular weight is 254 g/mol. The van der Waals surface area contributed by atoms with Crippen molar-refractivity contribution in [2.24, 2.45) is 11.8 Å². The normalized spacial score (nSPS) is 26.9. The molecule has 2 rings (SSSR count). The molecular formula is C14H26N2O2. The monoisotopic (exact) mass is 254 g/mol. The van der Waals surface area contributed by atoms with Crippen LogP contribution in [0.3, 0.4) is 0 Å². The van der Waals surface area contributed by atoms with Crippen LogP contribution in [-0.4, -0.2) is 48.2 Å². The van der Waals surface area contributed by atoms with E-state index in [4.69, 9.17) is 0 Å². The van der Waals surface area contributed by atoms with Gasteiger partial charge in [-0.1, -0.05) is 6.92 Å². The van der Waals surface area contributed by atoms with Gasteiger partial charge in [0.15, 0.2) is 0 Å². The van der Waals surface area contributed by atoms with E-state index in [2.05, 4.69) is 10.2 Å². The Balaban J connectivity index is 1.72. The van der Waals surface area contributed by atoms with Gasteiger partial charge in [-0.25, -0.2) is 0 Å². The zero-order chi connectivity index (χ0) is 13.0. The predicted octanol–water partition coefficient (Wildman–Crippen LogP) is 0.995. The zero-order valence-electron chi connectivity index (χ0n) is 11.4. The van der Waals surface area contributed by atoms with Crippen LogP contribution in [-0.2, 0) is 4.79 Å². The maximum absolute atomic E-state index is 12.0. The molecular weight excluding hydrogens is 228 g/mol. The lowest BCUT2D eigenvalue weighted by Crippen LogP contribution is -2.45. The Bertz CT molecular complexity index is 279. The highest BCUT2D eigenvalue weighted by atomic mass is 16.3. The van der Waals surface area contributed by atoms with Crippen molar-refractivity contribution in [2.75, 3.05) is 26.2 Å². The summed E-state index contributed by atoms with van der Waals surface area (Å²) in [4.78, 5) is 14.3. The van der Waals surface area contributed by atoms with Gasteiger partial charge in [-0.05, 0) is 44.6 Å². The molecule has 104 valence electrons. The second-order valence-electron chi connectivity index (χ2n) is 5.85. The van der Waals surface area contributed by atoms with E-state index in [1.54, 1.807) is 0 Å². The molecule has 18 heavy (non-hydrogen) atoms. The molecule has 0 aromatic rings. The molecule has 2 atom stereocenters. The number of rotatable bonds is 6. The number of carbonyl (C=O) groups excluding carboxylic acids is 1. The van der Waals surface area contributed by atoms with Crippen molar-refractivity contribution < 1.29 is 9.90 Å². The summed E-state index contributed by atoms with van der Waals surface area (Å²) in [5.74, 6) is 1.09. The Morgan fingerprint density at radius 3 is 2.89 bits per heavy atom. The average Bonchev–Trinajstić information content (AvgIpc) is 3.20. The number of nitrogens with one attached hydrogen (secondary N) is 1. The van der Waals surface area contributed by atoms with E-state index in [1.165, 1.54) is 12.8 Å². The molecule has 1 unspecified atom stereocenters. The molecule has 2 fully saturated rings. The fourth-order valence-electron chi connectivity index (χ4n) is 2.57. The van der Waals surface area contributed by atoms with E-state index >= 15 is 0 Å². The number of likely N-dealkylation sites (tertiary alicyclic amines) is 1. The predicted molar refractivity (Wildman–Crippen MR) is 71.2 cm³/mol. The molecule has 4 heteroatoms. The van der Waals surface area contributed by atoms with Gasteiger partial charge in [0.25, 0.3) is 0 Å². The topological polar surface area (TPSA) is 52.6 Å². The third-order valence-electron chi connectivity index (χ3n) is 4.08. The number of aliphatic hydroxyl groups is 1. The van der Waals surface area contributed by atoms with Gasteiger partial charge in [0.1, 0.15) is 0 Å². The number of hydrogen-bond donors (Lipinski definition) is 2. The third kappa shape index (κ3) is 4.25. The molecule has 2 N–H and O–H groups in total. The molecule has 4 nitrogen and oxygen atoms in total. The summed E-state index contributed by atoms with van der Waals surface area (Å²) >= 11 is 0. The fourth-order valence-corrected chi connectivity index (χ4v) is 2.57. The minimum Gasteiger partial charge on any atom is -0.392 e. The summed E-state index contributed by atoms with van der Waals surface area (Å²) in [6.45, 7) is 5.40. The summed E-state index contributed by atoms with van der Waals surface area (Å²) in [6.07, 6.45) is 5.15. The largest absolute Gasteiger partial charge is 0.392 e. The first-order valence-electron chi connectivity index (χ1n) is 7.37. The van der Waals surface area contributed by atoms with Gasteiger partial charge in [0, 0.05) is 19.6 Å². The SMILES string of the molecule is CC[C@@H](O)CN1CCCC(C(=O)NCC2CC2)C1. The quantitative estimate of drug-likeness (QED) is 0.743. The standard InChI is InChI=1S/C14H26N2O2/c1-2-13(17)10-16-7-3-4-12(9-16)14(18)15-8-11-5-6-11/h11-13,17H,2-10H2,1H3,(H,15,18)/t12?,13-/m1/s1. The van der Waals surface area contributed by atoms with Crippen molar-refractivity contribution in [3.63, 3.8) is 0 Å². The van der Waals surface area contributed by atoms with Crippen molar-refractivity contribution in [2.45, 2.75) is 45.1 Å². The summed E-state index contributed by atoms with van der Waals surface area (Å²) in [5, 5.41) is 12.8. The van der Waals surface area contributed by atoms with Crippen molar-refractivity contribution >= 4 is 5.91 Å². The van der Waals surface area contributed by atoms with Gasteiger partial charge in [-0.2, -0.15) is 0 Å². The van der Waals surface area contributed by atoms with E-state index < -0.39 is 0 Å². The minimum atomic E-state index is -0.252. The van der Waals surface area contributed by atoms with E-state index in [-0.39, 0.29) is 17.9 Å². The number of aliphatic hydroxyl groups excluding tert-OH is 1. The van der Waals surface area contributed by atoms with Gasteiger partial charge in [-0.3, -0.25) is 9.69 Å². The summed E-state index contributed by atoms with van der Waals surface area (Å²) in [6, 6.07) is 0. The highest BCUT2D eigenvalue weighted by Gasteiger charge is 2.28. The van der Waals surface area contributed by atoms with Crippen LogP contribution in [0.15, 0.2) is 0 Å². The molecule has 0 spiro atoms. The number of amides is 1. The number of piperidine rings is 1. The Labute approximate surface area is 110 Å². The first-order chi connectivity index (χ1) is 8.69. The Morgan fingerprint density at radius 2 is 2.22 bits per heavy atom. The molecule has 1 amide bonds.